The number of benzene rings is 2. The highest BCUT2D eigenvalue weighted by molar-refractivity contribution is 7.22. The predicted octanol–water partition coefficient (Wildman–Crippen LogP) is 5.02. The van der Waals surface area contributed by atoms with Crippen LogP contribution in [0.15, 0.2) is 54.9 Å². The zero-order chi connectivity index (χ0) is 21.4. The van der Waals surface area contributed by atoms with Gasteiger partial charge in [0.15, 0.2) is 16.8 Å². The van der Waals surface area contributed by atoms with Gasteiger partial charge < -0.3 is 21.1 Å². The van der Waals surface area contributed by atoms with Crippen LogP contribution < -0.4 is 21.1 Å². The quantitative estimate of drug-likeness (QED) is 0.357. The SMILES string of the molecule is COc1ccc2nc(Nc3ncnc(Nc4cccc5nc(C)ccc45)c3N)sc2c1. The molecule has 3 aromatic heterocycles. The summed E-state index contributed by atoms with van der Waals surface area (Å²) in [5.74, 6) is 1.78. The van der Waals surface area contributed by atoms with E-state index in [1.165, 1.54) is 17.7 Å². The summed E-state index contributed by atoms with van der Waals surface area (Å²) in [6, 6.07) is 15.7. The lowest BCUT2D eigenvalue weighted by molar-refractivity contribution is 0.415. The Morgan fingerprint density at radius 3 is 2.61 bits per heavy atom. The summed E-state index contributed by atoms with van der Waals surface area (Å²) in [5, 5.41) is 8.19. The minimum atomic E-state index is 0.399. The lowest BCUT2D eigenvalue weighted by atomic mass is 10.1. The Balaban J connectivity index is 1.46. The number of thiazole rings is 1. The van der Waals surface area contributed by atoms with Gasteiger partial charge in [-0.05, 0) is 49.4 Å². The molecule has 0 fully saturated rings. The van der Waals surface area contributed by atoms with Crippen LogP contribution in [0.1, 0.15) is 5.69 Å². The first-order valence-electron chi connectivity index (χ1n) is 9.56. The number of nitrogens with two attached hydrogens (primary N) is 1. The Morgan fingerprint density at radius 1 is 0.935 bits per heavy atom. The van der Waals surface area contributed by atoms with Gasteiger partial charge in [-0.2, -0.15) is 0 Å². The Bertz CT molecular complexity index is 1420. The second-order valence-corrected chi connectivity index (χ2v) is 7.94. The van der Waals surface area contributed by atoms with Crippen molar-refractivity contribution in [3.8, 4) is 5.75 Å². The molecule has 2 aromatic carbocycles. The number of nitrogens with one attached hydrogen (secondary N) is 2. The molecular weight excluding hydrogens is 410 g/mol. The third-order valence-electron chi connectivity index (χ3n) is 4.83. The van der Waals surface area contributed by atoms with Gasteiger partial charge in [0.05, 0.1) is 22.8 Å². The standard InChI is InChI=1S/C22H19N7OS/c1-12-6-8-14-15(26-12)4-3-5-16(14)27-20-19(23)21(25-11-24-20)29-22-28-17-9-7-13(30-2)10-18(17)31-22/h3-11H,23H2,1-2H3,(H2,24,25,27,28,29). The molecule has 5 rings (SSSR count). The fraction of sp³-hybridized carbons (Fsp3) is 0.0909. The van der Waals surface area contributed by atoms with Gasteiger partial charge in [0.1, 0.15) is 17.8 Å². The average Bonchev–Trinajstić information content (AvgIpc) is 3.18. The predicted molar refractivity (Wildman–Crippen MR) is 126 cm³/mol. The normalized spacial score (nSPS) is 11.0. The van der Waals surface area contributed by atoms with Crippen LogP contribution in [-0.4, -0.2) is 27.0 Å². The van der Waals surface area contributed by atoms with Gasteiger partial charge in [0.2, 0.25) is 0 Å². The Morgan fingerprint density at radius 2 is 1.77 bits per heavy atom. The monoisotopic (exact) mass is 429 g/mol. The molecule has 0 saturated heterocycles. The van der Waals surface area contributed by atoms with E-state index >= 15 is 0 Å². The molecule has 0 aliphatic carbocycles. The van der Waals surface area contributed by atoms with E-state index in [0.29, 0.717) is 22.5 Å². The topological polar surface area (TPSA) is 111 Å². The summed E-state index contributed by atoms with van der Waals surface area (Å²) in [6.07, 6.45) is 1.46. The molecule has 0 amide bonds. The highest BCUT2D eigenvalue weighted by Gasteiger charge is 2.13. The maximum absolute atomic E-state index is 6.38. The van der Waals surface area contributed by atoms with Crippen molar-refractivity contribution >= 4 is 60.6 Å². The van der Waals surface area contributed by atoms with Gasteiger partial charge in [0, 0.05) is 16.8 Å². The average molecular weight is 430 g/mol. The molecule has 0 bridgehead atoms. The minimum Gasteiger partial charge on any atom is -0.497 e. The second-order valence-electron chi connectivity index (χ2n) is 6.91. The summed E-state index contributed by atoms with van der Waals surface area (Å²) < 4.78 is 6.29. The molecule has 0 saturated carbocycles. The molecule has 8 nitrogen and oxygen atoms in total. The first-order valence-corrected chi connectivity index (χ1v) is 10.4. The van der Waals surface area contributed by atoms with E-state index in [4.69, 9.17) is 10.5 Å². The van der Waals surface area contributed by atoms with Crippen LogP contribution in [0.3, 0.4) is 0 Å². The van der Waals surface area contributed by atoms with E-state index in [1.807, 2.05) is 55.5 Å². The number of pyridine rings is 1. The van der Waals surface area contributed by atoms with Crippen molar-refractivity contribution in [3.63, 3.8) is 0 Å². The zero-order valence-electron chi connectivity index (χ0n) is 16.9. The second kappa shape index (κ2) is 7.69. The highest BCUT2D eigenvalue weighted by Crippen LogP contribution is 2.34. The fourth-order valence-corrected chi connectivity index (χ4v) is 4.17. The summed E-state index contributed by atoms with van der Waals surface area (Å²) >= 11 is 1.50. The Labute approximate surface area is 182 Å². The summed E-state index contributed by atoms with van der Waals surface area (Å²) in [7, 11) is 1.64. The van der Waals surface area contributed by atoms with Gasteiger partial charge in [-0.1, -0.05) is 17.4 Å². The number of fused-ring (bicyclic) bond motifs is 2. The first kappa shape index (κ1) is 19.0. The van der Waals surface area contributed by atoms with Crippen molar-refractivity contribution in [2.24, 2.45) is 0 Å². The third kappa shape index (κ3) is 3.66. The van der Waals surface area contributed by atoms with Crippen molar-refractivity contribution in [2.75, 3.05) is 23.5 Å². The van der Waals surface area contributed by atoms with E-state index in [0.717, 1.165) is 38.3 Å². The van der Waals surface area contributed by atoms with Crippen LogP contribution in [0.25, 0.3) is 21.1 Å². The van der Waals surface area contributed by atoms with Crippen LogP contribution in [0.2, 0.25) is 0 Å². The van der Waals surface area contributed by atoms with Crippen molar-refractivity contribution in [1.82, 2.24) is 19.9 Å². The number of hydrogen-bond donors (Lipinski definition) is 3. The molecule has 0 aliphatic heterocycles. The number of aryl methyl sites for hydroxylation is 1. The van der Waals surface area contributed by atoms with E-state index in [1.54, 1.807) is 7.11 Å². The smallest absolute Gasteiger partial charge is 0.189 e. The number of nitrogen functional groups attached to an aromatic ring is 1. The maximum atomic E-state index is 6.38. The van der Waals surface area contributed by atoms with E-state index in [-0.39, 0.29) is 0 Å². The summed E-state index contributed by atoms with van der Waals surface area (Å²) in [4.78, 5) is 17.8. The number of rotatable bonds is 5. The lowest BCUT2D eigenvalue weighted by Crippen LogP contribution is -2.05. The molecule has 5 aromatic rings. The maximum Gasteiger partial charge on any atom is 0.189 e. The number of ether oxygens (including phenoxy) is 1. The first-order chi connectivity index (χ1) is 15.1. The molecule has 0 spiro atoms. The van der Waals surface area contributed by atoms with Gasteiger partial charge >= 0.3 is 0 Å². The molecule has 4 N–H and O–H groups in total. The number of anilines is 5. The van der Waals surface area contributed by atoms with Crippen LogP contribution in [-0.2, 0) is 0 Å². The van der Waals surface area contributed by atoms with Crippen LogP contribution in [0, 0.1) is 6.92 Å². The van der Waals surface area contributed by atoms with E-state index < -0.39 is 0 Å². The van der Waals surface area contributed by atoms with Crippen LogP contribution >= 0.6 is 11.3 Å². The minimum absolute atomic E-state index is 0.399. The number of hydrogen-bond acceptors (Lipinski definition) is 9. The Kier molecular flexibility index (Phi) is 4.72. The molecule has 0 unspecified atom stereocenters. The van der Waals surface area contributed by atoms with Gasteiger partial charge in [-0.25, -0.2) is 15.0 Å². The highest BCUT2D eigenvalue weighted by atomic mass is 32.1. The Hall–Kier alpha value is -3.98. The van der Waals surface area contributed by atoms with Crippen LogP contribution in [0.4, 0.5) is 28.1 Å². The number of nitrogens with zero attached hydrogens (tertiary/aromatic N) is 4. The molecule has 0 radical (unpaired) electrons. The molecule has 31 heavy (non-hydrogen) atoms. The molecule has 3 heterocycles. The largest absolute Gasteiger partial charge is 0.497 e. The number of aromatic nitrogens is 4. The summed E-state index contributed by atoms with van der Waals surface area (Å²) in [5.41, 5.74) is 10.4. The molecule has 154 valence electrons. The van der Waals surface area contributed by atoms with E-state index in [9.17, 15) is 0 Å². The summed E-state index contributed by atoms with van der Waals surface area (Å²) in [6.45, 7) is 1.97. The van der Waals surface area contributed by atoms with Crippen molar-refractivity contribution in [1.29, 1.82) is 0 Å². The van der Waals surface area contributed by atoms with Gasteiger partial charge in [0.25, 0.3) is 0 Å². The van der Waals surface area contributed by atoms with Gasteiger partial charge in [-0.15, -0.1) is 0 Å². The number of methoxy groups -OCH3 is 1. The molecule has 0 atom stereocenters. The lowest BCUT2D eigenvalue weighted by Gasteiger charge is -2.13. The van der Waals surface area contributed by atoms with Crippen LogP contribution in [0.5, 0.6) is 5.75 Å². The zero-order valence-corrected chi connectivity index (χ0v) is 17.7. The fourth-order valence-electron chi connectivity index (χ4n) is 3.27. The third-order valence-corrected chi connectivity index (χ3v) is 5.76. The van der Waals surface area contributed by atoms with Crippen molar-refractivity contribution in [2.45, 2.75) is 6.92 Å². The van der Waals surface area contributed by atoms with Crippen molar-refractivity contribution < 1.29 is 4.74 Å². The molecular formula is C22H19N7OS. The molecule has 0 aliphatic rings. The van der Waals surface area contributed by atoms with Crippen molar-refractivity contribution in [3.05, 3.63) is 60.6 Å². The molecule has 9 heteroatoms. The van der Waals surface area contributed by atoms with E-state index in [2.05, 4.69) is 30.6 Å². The van der Waals surface area contributed by atoms with Gasteiger partial charge in [-0.3, -0.25) is 4.98 Å².